The van der Waals surface area contributed by atoms with Crippen LogP contribution in [0.5, 0.6) is 0 Å². The third kappa shape index (κ3) is 5.55. The number of ketones is 1. The van der Waals surface area contributed by atoms with E-state index < -0.39 is 11.0 Å². The van der Waals surface area contributed by atoms with Crippen molar-refractivity contribution >= 4 is 11.8 Å². The van der Waals surface area contributed by atoms with Crippen LogP contribution in [0.15, 0.2) is 36.4 Å². The van der Waals surface area contributed by atoms with E-state index in [-0.39, 0.29) is 11.8 Å². The molecule has 0 fully saturated rings. The van der Waals surface area contributed by atoms with Gasteiger partial charge in [0.15, 0.2) is 5.78 Å². The predicted molar refractivity (Wildman–Crippen MR) is 100 cm³/mol. The predicted octanol–water partition coefficient (Wildman–Crippen LogP) is 4.82. The van der Waals surface area contributed by atoms with Crippen LogP contribution in [-0.4, -0.2) is 17.4 Å². The quantitative estimate of drug-likeness (QED) is 0.696. The summed E-state index contributed by atoms with van der Waals surface area (Å²) in [7, 11) is 0. The largest absolute Gasteiger partial charge is 0.459 e. The highest BCUT2D eigenvalue weighted by Crippen LogP contribution is 2.37. The van der Waals surface area contributed by atoms with Crippen molar-refractivity contribution in [3.05, 3.63) is 47.5 Å². The molecule has 0 bridgehead atoms. The lowest BCUT2D eigenvalue weighted by molar-refractivity contribution is -0.165. The zero-order valence-electron chi connectivity index (χ0n) is 15.9. The number of allylic oxidation sites excluding steroid dienone is 1. The number of carbonyl (C=O) groups is 2. The monoisotopic (exact) mass is 342 g/mol. The first-order valence-electron chi connectivity index (χ1n) is 9.27. The van der Waals surface area contributed by atoms with Crippen molar-refractivity contribution in [3.8, 4) is 0 Å². The third-order valence-electron chi connectivity index (χ3n) is 4.63. The molecule has 0 heterocycles. The van der Waals surface area contributed by atoms with Crippen LogP contribution in [0.3, 0.4) is 0 Å². The van der Waals surface area contributed by atoms with Gasteiger partial charge in [-0.3, -0.25) is 9.59 Å². The van der Waals surface area contributed by atoms with Gasteiger partial charge in [-0.1, -0.05) is 43.7 Å². The van der Waals surface area contributed by atoms with Crippen molar-refractivity contribution in [1.29, 1.82) is 0 Å². The van der Waals surface area contributed by atoms with Crippen LogP contribution in [0.25, 0.3) is 0 Å². The van der Waals surface area contributed by atoms with Crippen molar-refractivity contribution in [1.82, 2.24) is 0 Å². The number of rotatable bonds is 6. The highest BCUT2D eigenvalue weighted by atomic mass is 16.6. The minimum Gasteiger partial charge on any atom is -0.459 e. The standard InChI is InChI=1S/C22H30O3/c1-5-6-17-7-9-18(10-8-17)11-14-22(15-12-19(23)13-16-22)20(24)25-21(2,3)4/h7-10,12,15H,5-6,11,13-14,16H2,1-4H3. The summed E-state index contributed by atoms with van der Waals surface area (Å²) in [6, 6.07) is 8.62. The summed E-state index contributed by atoms with van der Waals surface area (Å²) >= 11 is 0. The molecule has 0 radical (unpaired) electrons. The zero-order chi connectivity index (χ0) is 18.5. The minimum absolute atomic E-state index is 0.0862. The SMILES string of the molecule is CCCc1ccc(CCC2(C(=O)OC(C)(C)C)C=CC(=O)CC2)cc1. The third-order valence-corrected chi connectivity index (χ3v) is 4.63. The number of carbonyl (C=O) groups excluding carboxylic acids is 2. The van der Waals surface area contributed by atoms with Crippen molar-refractivity contribution in [2.75, 3.05) is 0 Å². The fourth-order valence-corrected chi connectivity index (χ4v) is 3.15. The van der Waals surface area contributed by atoms with E-state index >= 15 is 0 Å². The molecule has 3 nitrogen and oxygen atoms in total. The molecule has 1 aliphatic carbocycles. The summed E-state index contributed by atoms with van der Waals surface area (Å²) < 4.78 is 5.65. The molecule has 1 unspecified atom stereocenters. The summed E-state index contributed by atoms with van der Waals surface area (Å²) in [5.74, 6) is -0.130. The molecule has 2 rings (SSSR count). The van der Waals surface area contributed by atoms with E-state index in [4.69, 9.17) is 4.74 Å². The molecular weight excluding hydrogens is 312 g/mol. The Hall–Kier alpha value is -1.90. The van der Waals surface area contributed by atoms with Gasteiger partial charge in [-0.2, -0.15) is 0 Å². The first-order valence-corrected chi connectivity index (χ1v) is 9.27. The number of benzene rings is 1. The van der Waals surface area contributed by atoms with Crippen LogP contribution in [0.4, 0.5) is 0 Å². The molecule has 25 heavy (non-hydrogen) atoms. The second kappa shape index (κ2) is 7.99. The summed E-state index contributed by atoms with van der Waals surface area (Å²) in [4.78, 5) is 24.4. The first-order chi connectivity index (χ1) is 11.7. The van der Waals surface area contributed by atoms with Crippen LogP contribution in [0.2, 0.25) is 0 Å². The Morgan fingerprint density at radius 3 is 2.20 bits per heavy atom. The molecule has 136 valence electrons. The molecule has 3 heteroatoms. The lowest BCUT2D eigenvalue weighted by Crippen LogP contribution is -2.38. The van der Waals surface area contributed by atoms with Crippen LogP contribution in [0.1, 0.15) is 64.5 Å². The Morgan fingerprint density at radius 2 is 1.72 bits per heavy atom. The zero-order valence-corrected chi connectivity index (χ0v) is 15.9. The molecule has 0 spiro atoms. The van der Waals surface area contributed by atoms with Crippen LogP contribution >= 0.6 is 0 Å². The lowest BCUT2D eigenvalue weighted by atomic mass is 9.74. The van der Waals surface area contributed by atoms with Crippen LogP contribution in [-0.2, 0) is 27.2 Å². The van der Waals surface area contributed by atoms with E-state index in [0.717, 1.165) is 19.3 Å². The molecule has 0 N–H and O–H groups in total. The van der Waals surface area contributed by atoms with E-state index in [2.05, 4.69) is 31.2 Å². The van der Waals surface area contributed by atoms with Crippen molar-refractivity contribution in [3.63, 3.8) is 0 Å². The molecule has 0 amide bonds. The summed E-state index contributed by atoms with van der Waals surface area (Å²) in [6.07, 6.45) is 7.96. The maximum Gasteiger partial charge on any atom is 0.316 e. The van der Waals surface area contributed by atoms with Gasteiger partial charge >= 0.3 is 5.97 Å². The Morgan fingerprint density at radius 1 is 1.12 bits per heavy atom. The molecule has 0 saturated heterocycles. The van der Waals surface area contributed by atoms with Gasteiger partial charge in [0.2, 0.25) is 0 Å². The lowest BCUT2D eigenvalue weighted by Gasteiger charge is -2.33. The van der Waals surface area contributed by atoms with Gasteiger partial charge in [-0.15, -0.1) is 0 Å². The minimum atomic E-state index is -0.691. The van der Waals surface area contributed by atoms with Gasteiger partial charge in [0.05, 0.1) is 5.41 Å². The van der Waals surface area contributed by atoms with Gasteiger partial charge in [-0.05, 0) is 63.7 Å². The van der Waals surface area contributed by atoms with Crippen molar-refractivity contribution < 1.29 is 14.3 Å². The average molecular weight is 342 g/mol. The maximum absolute atomic E-state index is 12.8. The van der Waals surface area contributed by atoms with Crippen LogP contribution in [0, 0.1) is 5.41 Å². The number of hydrogen-bond acceptors (Lipinski definition) is 3. The highest BCUT2D eigenvalue weighted by Gasteiger charge is 2.41. The fourth-order valence-electron chi connectivity index (χ4n) is 3.15. The topological polar surface area (TPSA) is 43.4 Å². The summed E-state index contributed by atoms with van der Waals surface area (Å²) in [5.41, 5.74) is 1.34. The molecule has 1 aromatic carbocycles. The van der Waals surface area contributed by atoms with Crippen molar-refractivity contribution in [2.45, 2.75) is 71.8 Å². The van der Waals surface area contributed by atoms with Gasteiger partial charge in [0, 0.05) is 6.42 Å². The molecule has 1 aliphatic rings. The Balaban J connectivity index is 2.12. The Labute approximate surface area is 151 Å². The van der Waals surface area contributed by atoms with E-state index in [1.807, 2.05) is 20.8 Å². The average Bonchev–Trinajstić information content (AvgIpc) is 2.55. The van der Waals surface area contributed by atoms with Gasteiger partial charge in [0.1, 0.15) is 5.60 Å². The molecular formula is C22H30O3. The second-order valence-electron chi connectivity index (χ2n) is 8.02. The summed E-state index contributed by atoms with van der Waals surface area (Å²) in [6.45, 7) is 7.81. The number of esters is 1. The maximum atomic E-state index is 12.8. The number of hydrogen-bond donors (Lipinski definition) is 0. The van der Waals surface area contributed by atoms with Gasteiger partial charge < -0.3 is 4.74 Å². The molecule has 0 saturated carbocycles. The van der Waals surface area contributed by atoms with Gasteiger partial charge in [0.25, 0.3) is 0 Å². The number of ether oxygens (including phenoxy) is 1. The smallest absolute Gasteiger partial charge is 0.316 e. The van der Waals surface area contributed by atoms with E-state index in [9.17, 15) is 9.59 Å². The Bertz CT molecular complexity index is 634. The fraction of sp³-hybridized carbons (Fsp3) is 0.545. The van der Waals surface area contributed by atoms with E-state index in [1.165, 1.54) is 11.1 Å². The first kappa shape index (κ1) is 19.4. The molecule has 0 aromatic heterocycles. The van der Waals surface area contributed by atoms with Crippen molar-refractivity contribution in [2.24, 2.45) is 5.41 Å². The normalized spacial score (nSPS) is 20.6. The van der Waals surface area contributed by atoms with E-state index in [1.54, 1.807) is 12.2 Å². The molecule has 1 aromatic rings. The molecule has 0 aliphatic heterocycles. The Kier molecular flexibility index (Phi) is 6.21. The molecule has 1 atom stereocenters. The highest BCUT2D eigenvalue weighted by molar-refractivity contribution is 5.93. The van der Waals surface area contributed by atoms with Gasteiger partial charge in [-0.25, -0.2) is 0 Å². The van der Waals surface area contributed by atoms with Crippen LogP contribution < -0.4 is 0 Å². The van der Waals surface area contributed by atoms with E-state index in [0.29, 0.717) is 19.3 Å². The number of aryl methyl sites for hydroxylation is 2. The second-order valence-corrected chi connectivity index (χ2v) is 8.02. The summed E-state index contributed by atoms with van der Waals surface area (Å²) in [5, 5.41) is 0.